The monoisotopic (exact) mass is 362 g/mol. The number of benzene rings is 1. The van der Waals surface area contributed by atoms with E-state index in [1.807, 2.05) is 31.2 Å². The van der Waals surface area contributed by atoms with Gasteiger partial charge in [0.15, 0.2) is 0 Å². The van der Waals surface area contributed by atoms with Crippen molar-refractivity contribution in [2.45, 2.75) is 70.6 Å². The van der Waals surface area contributed by atoms with Gasteiger partial charge in [0.2, 0.25) is 6.10 Å². The fourth-order valence-electron chi connectivity index (χ4n) is 2.94. The zero-order valence-electron chi connectivity index (χ0n) is 16.1. The highest BCUT2D eigenvalue weighted by molar-refractivity contribution is 5.94. The van der Waals surface area contributed by atoms with Gasteiger partial charge < -0.3 is 20.0 Å². The topological polar surface area (TPSA) is 80.2 Å². The molecule has 2 atom stereocenters. The van der Waals surface area contributed by atoms with Crippen LogP contribution in [0.25, 0.3) is 0 Å². The fourth-order valence-corrected chi connectivity index (χ4v) is 2.94. The molecule has 1 aliphatic heterocycles. The molecule has 2 N–H and O–H groups in total. The second kappa shape index (κ2) is 9.03. The van der Waals surface area contributed by atoms with Crippen molar-refractivity contribution in [1.82, 2.24) is 5.32 Å². The van der Waals surface area contributed by atoms with Crippen molar-refractivity contribution in [1.29, 1.82) is 0 Å². The lowest BCUT2D eigenvalue weighted by Gasteiger charge is -2.19. The lowest BCUT2D eigenvalue weighted by molar-refractivity contribution is -0.131. The number of nitrogens with one attached hydrogen (secondary N) is 1. The molecule has 1 aromatic rings. The van der Waals surface area contributed by atoms with Crippen LogP contribution in [0.3, 0.4) is 0 Å². The van der Waals surface area contributed by atoms with Gasteiger partial charge >= 0.3 is 0 Å². The van der Waals surface area contributed by atoms with Crippen molar-refractivity contribution < 1.29 is 19.5 Å². The zero-order chi connectivity index (χ0) is 19.2. The van der Waals surface area contributed by atoms with E-state index in [9.17, 15) is 9.90 Å². The van der Waals surface area contributed by atoms with E-state index in [1.54, 1.807) is 21.0 Å². The van der Waals surface area contributed by atoms with E-state index in [2.05, 4.69) is 10.5 Å². The highest BCUT2D eigenvalue weighted by Crippen LogP contribution is 2.18. The lowest BCUT2D eigenvalue weighted by atomic mass is 9.99. The molecule has 6 nitrogen and oxygen atoms in total. The van der Waals surface area contributed by atoms with Gasteiger partial charge in [0, 0.05) is 18.9 Å². The first kappa shape index (κ1) is 20.2. The maximum absolute atomic E-state index is 12.3. The van der Waals surface area contributed by atoms with Gasteiger partial charge in [0.1, 0.15) is 5.75 Å². The van der Waals surface area contributed by atoms with E-state index in [0.717, 1.165) is 29.9 Å². The largest absolute Gasteiger partial charge is 0.497 e. The van der Waals surface area contributed by atoms with Crippen molar-refractivity contribution >= 4 is 11.6 Å². The number of aliphatic hydroxyl groups is 1. The number of hydrogen-bond acceptors (Lipinski definition) is 5. The van der Waals surface area contributed by atoms with Gasteiger partial charge in [0.25, 0.3) is 5.91 Å². The third-order valence-electron chi connectivity index (χ3n) is 4.38. The molecule has 0 fully saturated rings. The van der Waals surface area contributed by atoms with E-state index < -0.39 is 11.7 Å². The minimum absolute atomic E-state index is 0.0379. The Kier molecular flexibility index (Phi) is 7.03. The van der Waals surface area contributed by atoms with E-state index in [4.69, 9.17) is 9.57 Å². The van der Waals surface area contributed by atoms with E-state index >= 15 is 0 Å². The Morgan fingerprint density at radius 1 is 1.50 bits per heavy atom. The molecule has 1 heterocycles. The van der Waals surface area contributed by atoms with Crippen LogP contribution in [0, 0.1) is 0 Å². The minimum Gasteiger partial charge on any atom is -0.497 e. The molecule has 1 aliphatic rings. The first-order chi connectivity index (χ1) is 12.3. The van der Waals surface area contributed by atoms with Crippen LogP contribution in [0.5, 0.6) is 5.75 Å². The number of ether oxygens (including phenoxy) is 1. The number of nitrogens with zero attached hydrogens (tertiary/aromatic N) is 1. The molecule has 144 valence electrons. The highest BCUT2D eigenvalue weighted by atomic mass is 16.6. The summed E-state index contributed by atoms with van der Waals surface area (Å²) >= 11 is 0. The van der Waals surface area contributed by atoms with Gasteiger partial charge in [-0.1, -0.05) is 17.3 Å². The highest BCUT2D eigenvalue weighted by Gasteiger charge is 2.29. The summed E-state index contributed by atoms with van der Waals surface area (Å²) in [6.45, 7) is 5.56. The summed E-state index contributed by atoms with van der Waals surface area (Å²) in [4.78, 5) is 17.7. The second-order valence-electron chi connectivity index (χ2n) is 7.60. The Hall–Kier alpha value is -2.08. The average molecular weight is 362 g/mol. The Morgan fingerprint density at radius 2 is 2.27 bits per heavy atom. The summed E-state index contributed by atoms with van der Waals surface area (Å²) in [6, 6.07) is 7.83. The summed E-state index contributed by atoms with van der Waals surface area (Å²) in [6.07, 6.45) is 2.96. The van der Waals surface area contributed by atoms with Crippen molar-refractivity contribution in [2.75, 3.05) is 7.11 Å². The van der Waals surface area contributed by atoms with Gasteiger partial charge in [-0.15, -0.1) is 0 Å². The van der Waals surface area contributed by atoms with Crippen LogP contribution in [-0.4, -0.2) is 41.6 Å². The van der Waals surface area contributed by atoms with Crippen LogP contribution in [0.2, 0.25) is 0 Å². The van der Waals surface area contributed by atoms with Crippen LogP contribution < -0.4 is 10.1 Å². The minimum atomic E-state index is -0.666. The molecule has 0 radical (unpaired) electrons. The Labute approximate surface area is 155 Å². The molecule has 1 aromatic carbocycles. The predicted molar refractivity (Wildman–Crippen MR) is 101 cm³/mol. The van der Waals surface area contributed by atoms with Gasteiger partial charge in [-0.25, -0.2) is 0 Å². The van der Waals surface area contributed by atoms with Crippen LogP contribution in [0.1, 0.15) is 52.0 Å². The molecule has 0 bridgehead atoms. The molecule has 0 aliphatic carbocycles. The summed E-state index contributed by atoms with van der Waals surface area (Å²) in [5.41, 5.74) is 1.27. The predicted octanol–water partition coefficient (Wildman–Crippen LogP) is 2.83. The van der Waals surface area contributed by atoms with Gasteiger partial charge in [0.05, 0.1) is 18.4 Å². The number of rotatable bonds is 9. The first-order valence-electron chi connectivity index (χ1n) is 9.14. The second-order valence-corrected chi connectivity index (χ2v) is 7.60. The molecule has 2 rings (SSSR count). The Bertz CT molecular complexity index is 637. The molecule has 2 unspecified atom stereocenters. The SMILES string of the molecule is COc1cccc(CC2=NOC(C(=O)NC(C)CCCC(C)(C)O)C2)c1. The molecule has 0 saturated heterocycles. The summed E-state index contributed by atoms with van der Waals surface area (Å²) in [7, 11) is 1.64. The summed E-state index contributed by atoms with van der Waals surface area (Å²) in [5, 5.41) is 16.8. The number of carbonyl (C=O) groups excluding carboxylic acids is 1. The zero-order valence-corrected chi connectivity index (χ0v) is 16.1. The maximum Gasteiger partial charge on any atom is 0.264 e. The van der Waals surface area contributed by atoms with Crippen molar-refractivity contribution in [3.05, 3.63) is 29.8 Å². The van der Waals surface area contributed by atoms with E-state index in [-0.39, 0.29) is 11.9 Å². The molecule has 26 heavy (non-hydrogen) atoms. The van der Waals surface area contributed by atoms with Crippen LogP contribution in [-0.2, 0) is 16.1 Å². The Balaban J connectivity index is 1.75. The van der Waals surface area contributed by atoms with Crippen molar-refractivity contribution in [3.63, 3.8) is 0 Å². The van der Waals surface area contributed by atoms with Crippen LogP contribution in [0.15, 0.2) is 29.4 Å². The van der Waals surface area contributed by atoms with E-state index in [0.29, 0.717) is 19.3 Å². The molecule has 0 spiro atoms. The number of oxime groups is 1. The number of hydrogen-bond donors (Lipinski definition) is 2. The van der Waals surface area contributed by atoms with Crippen molar-refractivity contribution in [2.24, 2.45) is 5.16 Å². The van der Waals surface area contributed by atoms with Crippen LogP contribution >= 0.6 is 0 Å². The maximum atomic E-state index is 12.3. The molecule has 1 amide bonds. The standard InChI is InChI=1S/C20H30N2O4/c1-14(7-6-10-20(2,3)24)21-19(23)18-13-16(22-26-18)11-15-8-5-9-17(12-15)25-4/h5,8-9,12,14,18,24H,6-7,10-11,13H2,1-4H3,(H,21,23). The fraction of sp³-hybridized carbons (Fsp3) is 0.600. The lowest BCUT2D eigenvalue weighted by Crippen LogP contribution is -2.40. The smallest absolute Gasteiger partial charge is 0.264 e. The summed E-state index contributed by atoms with van der Waals surface area (Å²) < 4.78 is 5.22. The third-order valence-corrected chi connectivity index (χ3v) is 4.38. The van der Waals surface area contributed by atoms with Crippen molar-refractivity contribution in [3.8, 4) is 5.75 Å². The normalized spacial score (nSPS) is 18.0. The van der Waals surface area contributed by atoms with Gasteiger partial charge in [-0.2, -0.15) is 0 Å². The summed E-state index contributed by atoms with van der Waals surface area (Å²) in [5.74, 6) is 0.668. The Morgan fingerprint density at radius 3 is 2.96 bits per heavy atom. The number of methoxy groups -OCH3 is 1. The van der Waals surface area contributed by atoms with E-state index in [1.165, 1.54) is 0 Å². The number of amides is 1. The molecular weight excluding hydrogens is 332 g/mol. The molecule has 0 aromatic heterocycles. The van der Waals surface area contributed by atoms with Gasteiger partial charge in [-0.05, 0) is 57.7 Å². The van der Waals surface area contributed by atoms with Crippen LogP contribution in [0.4, 0.5) is 0 Å². The molecular formula is C20H30N2O4. The average Bonchev–Trinajstić information content (AvgIpc) is 3.02. The molecule has 0 saturated carbocycles. The first-order valence-corrected chi connectivity index (χ1v) is 9.14. The van der Waals surface area contributed by atoms with Gasteiger partial charge in [-0.3, -0.25) is 4.79 Å². The quantitative estimate of drug-likeness (QED) is 0.708. The molecule has 6 heteroatoms. The third kappa shape index (κ3) is 6.67. The number of carbonyl (C=O) groups is 1.